The van der Waals surface area contributed by atoms with E-state index in [1.807, 2.05) is 0 Å². The molecule has 1 unspecified atom stereocenters. The van der Waals surface area contributed by atoms with E-state index in [2.05, 4.69) is 19.2 Å². The van der Waals surface area contributed by atoms with Gasteiger partial charge < -0.3 is 16.2 Å². The maximum atomic E-state index is 10.8. The second-order valence-corrected chi connectivity index (χ2v) is 5.38. The van der Waals surface area contributed by atoms with Crippen molar-refractivity contribution in [2.24, 2.45) is 11.3 Å². The zero-order chi connectivity index (χ0) is 12.6. The van der Waals surface area contributed by atoms with Gasteiger partial charge in [0, 0.05) is 6.54 Å². The van der Waals surface area contributed by atoms with Crippen molar-refractivity contribution in [3.8, 4) is 0 Å². The lowest BCUT2D eigenvalue weighted by Crippen LogP contribution is -2.10. The Labute approximate surface area is 101 Å². The number of anilines is 2. The fourth-order valence-corrected chi connectivity index (χ4v) is 2.00. The van der Waals surface area contributed by atoms with E-state index in [4.69, 9.17) is 10.8 Å². The maximum absolute atomic E-state index is 10.8. The molecule has 0 amide bonds. The number of aromatic carboxylic acids is 1. The van der Waals surface area contributed by atoms with Gasteiger partial charge in [0.25, 0.3) is 0 Å². The van der Waals surface area contributed by atoms with Gasteiger partial charge in [-0.25, -0.2) is 4.79 Å². The number of hydrogen-bond acceptors (Lipinski definition) is 3. The third kappa shape index (κ3) is 2.52. The van der Waals surface area contributed by atoms with Crippen LogP contribution < -0.4 is 11.1 Å². The lowest BCUT2D eigenvalue weighted by atomic mass is 10.1. The fraction of sp³-hybridized carbons (Fsp3) is 0.462. The molecule has 92 valence electrons. The van der Waals surface area contributed by atoms with Gasteiger partial charge in [-0.3, -0.25) is 0 Å². The van der Waals surface area contributed by atoms with Crippen molar-refractivity contribution in [3.63, 3.8) is 0 Å². The van der Waals surface area contributed by atoms with Gasteiger partial charge in [0.15, 0.2) is 0 Å². The molecule has 0 spiro atoms. The van der Waals surface area contributed by atoms with E-state index in [9.17, 15) is 4.79 Å². The van der Waals surface area contributed by atoms with Crippen LogP contribution in [0.3, 0.4) is 0 Å². The van der Waals surface area contributed by atoms with Gasteiger partial charge in [-0.15, -0.1) is 0 Å². The molecule has 0 aromatic heterocycles. The van der Waals surface area contributed by atoms with Gasteiger partial charge in [0.1, 0.15) is 0 Å². The summed E-state index contributed by atoms with van der Waals surface area (Å²) < 4.78 is 0. The first-order valence-electron chi connectivity index (χ1n) is 5.77. The molecule has 0 bridgehead atoms. The van der Waals surface area contributed by atoms with E-state index in [0.29, 0.717) is 22.7 Å². The summed E-state index contributed by atoms with van der Waals surface area (Å²) in [6.07, 6.45) is 1.21. The number of nitrogens with two attached hydrogens (primary N) is 1. The Morgan fingerprint density at radius 3 is 2.76 bits per heavy atom. The van der Waals surface area contributed by atoms with Crippen LogP contribution in [0.5, 0.6) is 0 Å². The Bertz CT molecular complexity index is 455. The lowest BCUT2D eigenvalue weighted by Gasteiger charge is -2.11. The van der Waals surface area contributed by atoms with Crippen LogP contribution in [0.2, 0.25) is 0 Å². The van der Waals surface area contributed by atoms with Crippen LogP contribution in [0.4, 0.5) is 11.4 Å². The van der Waals surface area contributed by atoms with E-state index < -0.39 is 5.97 Å². The topological polar surface area (TPSA) is 75.3 Å². The van der Waals surface area contributed by atoms with Crippen molar-refractivity contribution >= 4 is 17.3 Å². The van der Waals surface area contributed by atoms with Crippen LogP contribution in [0.1, 0.15) is 30.6 Å². The van der Waals surface area contributed by atoms with Gasteiger partial charge in [0.2, 0.25) is 0 Å². The van der Waals surface area contributed by atoms with E-state index >= 15 is 0 Å². The third-order valence-corrected chi connectivity index (χ3v) is 3.56. The number of rotatable bonds is 4. The molecule has 1 atom stereocenters. The number of benzene rings is 1. The number of carboxylic acid groups (broad SMARTS) is 1. The van der Waals surface area contributed by atoms with Crippen LogP contribution in [0.15, 0.2) is 18.2 Å². The molecule has 1 aromatic rings. The molecule has 0 saturated heterocycles. The number of nitrogens with one attached hydrogen (secondary N) is 1. The molecule has 1 aliphatic rings. The quantitative estimate of drug-likeness (QED) is 0.699. The third-order valence-electron chi connectivity index (χ3n) is 3.56. The molecule has 1 aliphatic carbocycles. The summed E-state index contributed by atoms with van der Waals surface area (Å²) >= 11 is 0. The van der Waals surface area contributed by atoms with Crippen LogP contribution in [0, 0.1) is 11.3 Å². The second-order valence-electron chi connectivity index (χ2n) is 5.38. The number of nitrogen functional groups attached to an aromatic ring is 1. The Morgan fingerprint density at radius 2 is 2.24 bits per heavy atom. The summed E-state index contributed by atoms with van der Waals surface area (Å²) in [5.41, 5.74) is 7.78. The minimum Gasteiger partial charge on any atom is -0.478 e. The number of carboxylic acids is 1. The van der Waals surface area contributed by atoms with Crippen molar-refractivity contribution in [3.05, 3.63) is 23.8 Å². The molecule has 0 radical (unpaired) electrons. The highest BCUT2D eigenvalue weighted by atomic mass is 16.4. The van der Waals surface area contributed by atoms with E-state index in [1.54, 1.807) is 12.1 Å². The SMILES string of the molecule is CC1(C)CC1CNc1cc(C(=O)O)ccc1N. The largest absolute Gasteiger partial charge is 0.478 e. The molecular weight excluding hydrogens is 216 g/mol. The average molecular weight is 234 g/mol. The van der Waals surface area contributed by atoms with Crippen LogP contribution in [-0.2, 0) is 0 Å². The lowest BCUT2D eigenvalue weighted by molar-refractivity contribution is 0.0697. The molecule has 0 aliphatic heterocycles. The van der Waals surface area contributed by atoms with E-state index in [1.165, 1.54) is 12.5 Å². The van der Waals surface area contributed by atoms with Crippen LogP contribution in [-0.4, -0.2) is 17.6 Å². The standard InChI is InChI=1S/C13H18N2O2/c1-13(2)6-9(13)7-15-11-5-8(12(16)17)3-4-10(11)14/h3-5,9,15H,6-7,14H2,1-2H3,(H,16,17). The summed E-state index contributed by atoms with van der Waals surface area (Å²) in [5.74, 6) is -0.282. The van der Waals surface area contributed by atoms with Crippen LogP contribution >= 0.6 is 0 Å². The second kappa shape index (κ2) is 3.95. The van der Waals surface area contributed by atoms with Crippen molar-refractivity contribution in [1.82, 2.24) is 0 Å². The van der Waals surface area contributed by atoms with E-state index in [0.717, 1.165) is 6.54 Å². The number of carbonyl (C=O) groups is 1. The summed E-state index contributed by atoms with van der Waals surface area (Å²) in [6.45, 7) is 5.31. The monoisotopic (exact) mass is 234 g/mol. The fourth-order valence-electron chi connectivity index (χ4n) is 2.00. The predicted octanol–water partition coefficient (Wildman–Crippen LogP) is 2.42. The molecule has 1 saturated carbocycles. The molecular formula is C13H18N2O2. The maximum Gasteiger partial charge on any atom is 0.335 e. The van der Waals surface area contributed by atoms with Crippen molar-refractivity contribution in [2.75, 3.05) is 17.6 Å². The summed E-state index contributed by atoms with van der Waals surface area (Å²) in [6, 6.07) is 4.74. The van der Waals surface area contributed by atoms with Crippen molar-refractivity contribution < 1.29 is 9.90 Å². The molecule has 4 heteroatoms. The Kier molecular flexibility index (Phi) is 2.73. The highest BCUT2D eigenvalue weighted by molar-refractivity contribution is 5.90. The first-order valence-corrected chi connectivity index (χ1v) is 5.77. The predicted molar refractivity (Wildman–Crippen MR) is 68.2 cm³/mol. The molecule has 4 N–H and O–H groups in total. The Morgan fingerprint density at radius 1 is 1.59 bits per heavy atom. The summed E-state index contributed by atoms with van der Waals surface area (Å²) in [7, 11) is 0. The molecule has 2 rings (SSSR count). The van der Waals surface area contributed by atoms with Gasteiger partial charge in [-0.05, 0) is 36.0 Å². The molecule has 1 fully saturated rings. The highest BCUT2D eigenvalue weighted by Crippen LogP contribution is 2.51. The van der Waals surface area contributed by atoms with Crippen molar-refractivity contribution in [2.45, 2.75) is 20.3 Å². The molecule has 17 heavy (non-hydrogen) atoms. The Balaban J connectivity index is 2.04. The summed E-state index contributed by atoms with van der Waals surface area (Å²) in [5, 5.41) is 12.1. The average Bonchev–Trinajstić information content (AvgIpc) is 2.85. The van der Waals surface area contributed by atoms with E-state index in [-0.39, 0.29) is 5.56 Å². The number of hydrogen-bond donors (Lipinski definition) is 3. The Hall–Kier alpha value is -1.71. The van der Waals surface area contributed by atoms with Crippen LogP contribution in [0.25, 0.3) is 0 Å². The minimum absolute atomic E-state index is 0.261. The smallest absolute Gasteiger partial charge is 0.335 e. The first-order chi connectivity index (χ1) is 7.90. The van der Waals surface area contributed by atoms with Gasteiger partial charge in [-0.1, -0.05) is 13.8 Å². The van der Waals surface area contributed by atoms with Gasteiger partial charge in [0.05, 0.1) is 16.9 Å². The minimum atomic E-state index is -0.931. The molecule has 0 heterocycles. The molecule has 1 aromatic carbocycles. The zero-order valence-electron chi connectivity index (χ0n) is 10.2. The summed E-state index contributed by atoms with van der Waals surface area (Å²) in [4.78, 5) is 10.8. The first kappa shape index (κ1) is 11.8. The highest BCUT2D eigenvalue weighted by Gasteiger charge is 2.44. The molecule has 4 nitrogen and oxygen atoms in total. The van der Waals surface area contributed by atoms with Gasteiger partial charge in [-0.2, -0.15) is 0 Å². The normalized spacial score (nSPS) is 20.9. The van der Waals surface area contributed by atoms with Crippen molar-refractivity contribution in [1.29, 1.82) is 0 Å². The van der Waals surface area contributed by atoms with Gasteiger partial charge >= 0.3 is 5.97 Å². The zero-order valence-corrected chi connectivity index (χ0v) is 10.2.